The van der Waals surface area contributed by atoms with Gasteiger partial charge in [-0.25, -0.2) is 0 Å². The molecule has 0 unspecified atom stereocenters. The predicted octanol–water partition coefficient (Wildman–Crippen LogP) is 5.90. The number of hydrogen-bond acceptors (Lipinski definition) is 6. The molecule has 0 aromatic heterocycles. The SMILES string of the molecule is C[C@H]1[C@@H](CN(C)Cc2ccccc2)O[C@@H](c2ccc(CN3C(=O)c4ccccc4C3=O)cc2)O[C@H]1c1ccc(CO)cc1. The van der Waals surface area contributed by atoms with Crippen LogP contribution in [0.1, 0.15) is 67.9 Å². The molecule has 43 heavy (non-hydrogen) atoms. The van der Waals surface area contributed by atoms with Gasteiger partial charge in [0.25, 0.3) is 11.8 Å². The molecular formula is C36H36N2O5. The second-order valence-electron chi connectivity index (χ2n) is 11.5. The number of aliphatic hydroxyl groups excluding tert-OH is 1. The quantitative estimate of drug-likeness (QED) is 0.250. The van der Waals surface area contributed by atoms with Crippen molar-refractivity contribution in [1.82, 2.24) is 9.80 Å². The molecule has 0 spiro atoms. The Kier molecular flexibility index (Phi) is 8.49. The smallest absolute Gasteiger partial charge is 0.261 e. The molecule has 6 rings (SSSR count). The number of carbonyl (C=O) groups excluding carboxylic acids is 2. The van der Waals surface area contributed by atoms with Crippen LogP contribution in [0.3, 0.4) is 0 Å². The van der Waals surface area contributed by atoms with E-state index in [1.165, 1.54) is 10.5 Å². The molecule has 1 fully saturated rings. The number of carbonyl (C=O) groups is 2. The van der Waals surface area contributed by atoms with E-state index in [-0.39, 0.29) is 43.1 Å². The number of fused-ring (bicyclic) bond motifs is 1. The number of rotatable bonds is 9. The van der Waals surface area contributed by atoms with Crippen LogP contribution in [0.5, 0.6) is 0 Å². The summed E-state index contributed by atoms with van der Waals surface area (Å²) in [5, 5.41) is 9.53. The first-order chi connectivity index (χ1) is 20.9. The largest absolute Gasteiger partial charge is 0.392 e. The summed E-state index contributed by atoms with van der Waals surface area (Å²) in [4.78, 5) is 29.3. The summed E-state index contributed by atoms with van der Waals surface area (Å²) in [5.41, 5.74) is 5.74. The average molecular weight is 577 g/mol. The molecular weight excluding hydrogens is 540 g/mol. The number of ether oxygens (including phenoxy) is 2. The number of hydrogen-bond donors (Lipinski definition) is 1. The van der Waals surface area contributed by atoms with E-state index in [0.29, 0.717) is 11.1 Å². The first-order valence-corrected chi connectivity index (χ1v) is 14.7. The Balaban J connectivity index is 1.20. The van der Waals surface area contributed by atoms with Crippen molar-refractivity contribution in [3.05, 3.63) is 142 Å². The lowest BCUT2D eigenvalue weighted by Crippen LogP contribution is -2.43. The summed E-state index contributed by atoms with van der Waals surface area (Å²) >= 11 is 0. The number of aliphatic hydroxyl groups is 1. The lowest BCUT2D eigenvalue weighted by molar-refractivity contribution is -0.276. The van der Waals surface area contributed by atoms with Crippen LogP contribution in [0.2, 0.25) is 0 Å². The van der Waals surface area contributed by atoms with E-state index in [1.807, 2.05) is 54.6 Å². The molecule has 4 aromatic rings. The molecule has 0 aliphatic carbocycles. The molecule has 220 valence electrons. The lowest BCUT2D eigenvalue weighted by Gasteiger charge is -2.42. The molecule has 7 heteroatoms. The normalized spacial score (nSPS) is 21.8. The predicted molar refractivity (Wildman–Crippen MR) is 163 cm³/mol. The van der Waals surface area contributed by atoms with E-state index < -0.39 is 6.29 Å². The zero-order chi connectivity index (χ0) is 29.9. The summed E-state index contributed by atoms with van der Waals surface area (Å²) in [6.07, 6.45) is -0.908. The van der Waals surface area contributed by atoms with Gasteiger partial charge in [-0.2, -0.15) is 0 Å². The van der Waals surface area contributed by atoms with Gasteiger partial charge in [0.15, 0.2) is 6.29 Å². The van der Waals surface area contributed by atoms with Crippen LogP contribution in [0.15, 0.2) is 103 Å². The van der Waals surface area contributed by atoms with Gasteiger partial charge in [0.1, 0.15) is 0 Å². The topological polar surface area (TPSA) is 79.3 Å². The summed E-state index contributed by atoms with van der Waals surface area (Å²) in [6, 6.07) is 33.0. The van der Waals surface area contributed by atoms with Crippen molar-refractivity contribution in [2.45, 2.75) is 45.1 Å². The highest BCUT2D eigenvalue weighted by Gasteiger charge is 2.39. The zero-order valence-corrected chi connectivity index (χ0v) is 24.4. The van der Waals surface area contributed by atoms with Crippen LogP contribution in [0.4, 0.5) is 0 Å². The standard InChI is InChI=1S/C36H36N2O5/c1-24-32(22-37(2)20-25-8-4-3-5-9-25)42-36(43-33(24)28-16-14-27(23-39)15-17-28)29-18-12-26(13-19-29)21-38-34(40)30-10-6-7-11-31(30)35(38)41/h3-19,24,32-33,36,39H,20-23H2,1-2H3/t24-,32+,33+,36+/m0/s1. The van der Waals surface area contributed by atoms with E-state index in [9.17, 15) is 14.7 Å². The number of amides is 2. The fourth-order valence-corrected chi connectivity index (χ4v) is 5.94. The average Bonchev–Trinajstić information content (AvgIpc) is 3.27. The van der Waals surface area contributed by atoms with Crippen molar-refractivity contribution in [2.75, 3.05) is 13.6 Å². The van der Waals surface area contributed by atoms with Gasteiger partial charge in [-0.3, -0.25) is 19.4 Å². The van der Waals surface area contributed by atoms with Crippen LogP contribution in [-0.4, -0.2) is 46.4 Å². The molecule has 2 heterocycles. The van der Waals surface area contributed by atoms with Crippen LogP contribution in [-0.2, 0) is 29.2 Å². The Morgan fingerprint density at radius 3 is 1.93 bits per heavy atom. The molecule has 1 saturated heterocycles. The molecule has 2 aliphatic rings. The maximum Gasteiger partial charge on any atom is 0.261 e. The van der Waals surface area contributed by atoms with Crippen molar-refractivity contribution in [2.24, 2.45) is 5.92 Å². The summed E-state index contributed by atoms with van der Waals surface area (Å²) < 4.78 is 13.2. The van der Waals surface area contributed by atoms with Gasteiger partial charge < -0.3 is 14.6 Å². The van der Waals surface area contributed by atoms with E-state index in [0.717, 1.165) is 35.3 Å². The Labute approximate surface area is 252 Å². The summed E-state index contributed by atoms with van der Waals surface area (Å²) in [7, 11) is 2.10. The van der Waals surface area contributed by atoms with Gasteiger partial charge in [0, 0.05) is 24.6 Å². The third-order valence-corrected chi connectivity index (χ3v) is 8.38. The van der Waals surface area contributed by atoms with E-state index in [2.05, 4.69) is 43.1 Å². The third-order valence-electron chi connectivity index (χ3n) is 8.38. The van der Waals surface area contributed by atoms with Crippen LogP contribution in [0.25, 0.3) is 0 Å². The fraction of sp³-hybridized carbons (Fsp3) is 0.278. The molecule has 2 amide bonds. The molecule has 7 nitrogen and oxygen atoms in total. The number of benzene rings is 4. The Morgan fingerprint density at radius 1 is 0.721 bits per heavy atom. The van der Waals surface area contributed by atoms with Crippen molar-refractivity contribution < 1.29 is 24.2 Å². The Hall–Kier alpha value is -4.14. The van der Waals surface area contributed by atoms with Gasteiger partial charge in [-0.15, -0.1) is 0 Å². The second-order valence-corrected chi connectivity index (χ2v) is 11.5. The maximum absolute atomic E-state index is 12.9. The van der Waals surface area contributed by atoms with Gasteiger partial charge in [0.2, 0.25) is 0 Å². The summed E-state index contributed by atoms with van der Waals surface area (Å²) in [6.45, 7) is 3.88. The van der Waals surface area contributed by atoms with Crippen molar-refractivity contribution in [3.8, 4) is 0 Å². The summed E-state index contributed by atoms with van der Waals surface area (Å²) in [5.74, 6) is -0.465. The maximum atomic E-state index is 12.9. The van der Waals surface area contributed by atoms with E-state index in [1.54, 1.807) is 24.3 Å². The van der Waals surface area contributed by atoms with Crippen molar-refractivity contribution in [1.29, 1.82) is 0 Å². The van der Waals surface area contributed by atoms with E-state index in [4.69, 9.17) is 9.47 Å². The van der Waals surface area contributed by atoms with Gasteiger partial charge in [-0.05, 0) is 41.4 Å². The lowest BCUT2D eigenvalue weighted by atomic mass is 9.90. The van der Waals surface area contributed by atoms with Gasteiger partial charge in [-0.1, -0.05) is 97.9 Å². The van der Waals surface area contributed by atoms with Gasteiger partial charge >= 0.3 is 0 Å². The van der Waals surface area contributed by atoms with Crippen molar-refractivity contribution in [3.63, 3.8) is 0 Å². The molecule has 2 aliphatic heterocycles. The molecule has 0 radical (unpaired) electrons. The molecule has 0 bridgehead atoms. The Morgan fingerprint density at radius 2 is 1.30 bits per heavy atom. The first kappa shape index (κ1) is 29.0. The monoisotopic (exact) mass is 576 g/mol. The van der Waals surface area contributed by atoms with E-state index >= 15 is 0 Å². The molecule has 4 atom stereocenters. The van der Waals surface area contributed by atoms with Crippen LogP contribution >= 0.6 is 0 Å². The Bertz CT molecular complexity index is 1540. The van der Waals surface area contributed by atoms with Gasteiger partial charge in [0.05, 0.1) is 36.5 Å². The molecule has 4 aromatic carbocycles. The zero-order valence-electron chi connectivity index (χ0n) is 24.4. The highest BCUT2D eigenvalue weighted by Crippen LogP contribution is 2.42. The molecule has 1 N–H and O–H groups in total. The van der Waals surface area contributed by atoms with Crippen LogP contribution in [0, 0.1) is 5.92 Å². The third kappa shape index (κ3) is 6.17. The van der Waals surface area contributed by atoms with Crippen LogP contribution < -0.4 is 0 Å². The minimum atomic E-state index is -0.595. The fourth-order valence-electron chi connectivity index (χ4n) is 5.94. The highest BCUT2D eigenvalue weighted by atomic mass is 16.7. The second kappa shape index (κ2) is 12.6. The minimum Gasteiger partial charge on any atom is -0.392 e. The number of nitrogens with zero attached hydrogens (tertiary/aromatic N) is 2. The van der Waals surface area contributed by atoms with Crippen molar-refractivity contribution >= 4 is 11.8 Å². The highest BCUT2D eigenvalue weighted by molar-refractivity contribution is 6.21. The first-order valence-electron chi connectivity index (χ1n) is 14.7. The molecule has 0 saturated carbocycles. The minimum absolute atomic E-state index is 0.00689. The number of likely N-dealkylation sites (N-methyl/N-ethyl adjacent to an activating group) is 1. The number of imide groups is 1.